The third kappa shape index (κ3) is 11.3. The molecular weight excluding hydrogens is 423 g/mol. The maximum atomic E-state index is 12.7. The molecule has 0 saturated heterocycles. The molecule has 0 aliphatic rings. The zero-order valence-electron chi connectivity index (χ0n) is 19.4. The Morgan fingerprint density at radius 1 is 1.12 bits per heavy atom. The minimum atomic E-state index is -1.77. The molecule has 1 rings (SSSR count). The Balaban J connectivity index is 2.61. The molecule has 0 aliphatic heterocycles. The van der Waals surface area contributed by atoms with Crippen LogP contribution < -0.4 is 16.0 Å². The summed E-state index contributed by atoms with van der Waals surface area (Å²) in [6, 6.07) is 10.1. The van der Waals surface area contributed by atoms with Crippen molar-refractivity contribution in [2.24, 2.45) is 5.92 Å². The van der Waals surface area contributed by atoms with Crippen LogP contribution in [0.5, 0.6) is 0 Å². The van der Waals surface area contributed by atoms with E-state index in [1.54, 1.807) is 6.08 Å². The van der Waals surface area contributed by atoms with Crippen LogP contribution in [0.15, 0.2) is 42.0 Å². The molecule has 0 bridgehead atoms. The Morgan fingerprint density at radius 3 is 2.33 bits per heavy atom. The molecule has 0 aliphatic carbocycles. The van der Waals surface area contributed by atoms with Gasteiger partial charge in [-0.3, -0.25) is 14.4 Å². The number of hydrogen-bond donors (Lipinski definition) is 5. The molecule has 0 saturated carbocycles. The second-order valence-electron chi connectivity index (χ2n) is 8.16. The highest BCUT2D eigenvalue weighted by Gasteiger charge is 2.29. The van der Waals surface area contributed by atoms with Crippen molar-refractivity contribution in [2.45, 2.75) is 58.4 Å². The quantitative estimate of drug-likeness (QED) is 0.127. The highest BCUT2D eigenvalue weighted by atomic mass is 16.4. The summed E-state index contributed by atoms with van der Waals surface area (Å²) in [5.74, 6) is -2.21. The highest BCUT2D eigenvalue weighted by molar-refractivity contribution is 6.43. The summed E-state index contributed by atoms with van der Waals surface area (Å²) < 4.78 is 0. The summed E-state index contributed by atoms with van der Waals surface area (Å²) >= 11 is 0. The van der Waals surface area contributed by atoms with E-state index in [1.165, 1.54) is 6.92 Å². The number of allylic oxidation sites excluding steroid dienone is 1. The lowest BCUT2D eigenvalue weighted by molar-refractivity contribution is -0.128. The van der Waals surface area contributed by atoms with Crippen molar-refractivity contribution in [3.63, 3.8) is 0 Å². The predicted octanol–water partition coefficient (Wildman–Crippen LogP) is 0.623. The summed E-state index contributed by atoms with van der Waals surface area (Å²) in [4.78, 5) is 36.3. The van der Waals surface area contributed by atoms with E-state index in [0.29, 0.717) is 25.8 Å². The van der Waals surface area contributed by atoms with Gasteiger partial charge >= 0.3 is 7.12 Å². The topological polar surface area (TPSA) is 152 Å². The van der Waals surface area contributed by atoms with Gasteiger partial charge in [-0.15, -0.1) is 0 Å². The lowest BCUT2D eigenvalue weighted by atomic mass is 9.75. The molecule has 33 heavy (non-hydrogen) atoms. The molecule has 0 aromatic heterocycles. The van der Waals surface area contributed by atoms with Crippen molar-refractivity contribution in [2.75, 3.05) is 6.54 Å². The van der Waals surface area contributed by atoms with E-state index in [4.69, 9.17) is 5.26 Å². The molecule has 0 fully saturated rings. The van der Waals surface area contributed by atoms with Crippen LogP contribution in [0.3, 0.4) is 0 Å². The number of nitriles is 1. The van der Waals surface area contributed by atoms with Gasteiger partial charge in [0.05, 0.1) is 5.94 Å². The third-order valence-electron chi connectivity index (χ3n) is 4.75. The number of benzene rings is 1. The SMILES string of the molecule is CC(=O)NC(CCCCNC(=O)C(C#N)=CC(C)C)C(=O)NC(Cc1ccccc1)B(O)O. The van der Waals surface area contributed by atoms with E-state index in [9.17, 15) is 24.4 Å². The van der Waals surface area contributed by atoms with Crippen LogP contribution >= 0.6 is 0 Å². The zero-order chi connectivity index (χ0) is 24.8. The first-order valence-electron chi connectivity index (χ1n) is 11.0. The van der Waals surface area contributed by atoms with Crippen LogP contribution in [0.1, 0.15) is 45.6 Å². The fourth-order valence-electron chi connectivity index (χ4n) is 3.16. The summed E-state index contributed by atoms with van der Waals surface area (Å²) in [5, 5.41) is 36.3. The van der Waals surface area contributed by atoms with E-state index in [0.717, 1.165) is 5.56 Å². The average Bonchev–Trinajstić information content (AvgIpc) is 2.75. The number of unbranched alkanes of at least 4 members (excludes halogenated alkanes) is 1. The van der Waals surface area contributed by atoms with E-state index < -0.39 is 30.9 Å². The molecule has 3 amide bonds. The number of rotatable bonds is 13. The first-order valence-corrected chi connectivity index (χ1v) is 11.0. The molecular formula is C23H33BN4O5. The summed E-state index contributed by atoms with van der Waals surface area (Å²) in [5.41, 5.74) is 0.887. The normalized spacial score (nSPS) is 12.9. The van der Waals surface area contributed by atoms with E-state index >= 15 is 0 Å². The largest absolute Gasteiger partial charge is 0.475 e. The van der Waals surface area contributed by atoms with Crippen LogP contribution in [0.2, 0.25) is 0 Å². The van der Waals surface area contributed by atoms with Crippen LogP contribution in [-0.2, 0) is 20.8 Å². The monoisotopic (exact) mass is 456 g/mol. The molecule has 5 N–H and O–H groups in total. The molecule has 178 valence electrons. The number of nitrogens with one attached hydrogen (secondary N) is 3. The number of hydrogen-bond acceptors (Lipinski definition) is 6. The van der Waals surface area contributed by atoms with Gasteiger partial charge in [0.15, 0.2) is 0 Å². The fraction of sp³-hybridized carbons (Fsp3) is 0.478. The van der Waals surface area contributed by atoms with E-state index in [2.05, 4.69) is 16.0 Å². The van der Waals surface area contributed by atoms with Gasteiger partial charge in [-0.05, 0) is 37.2 Å². The van der Waals surface area contributed by atoms with Crippen molar-refractivity contribution in [1.29, 1.82) is 5.26 Å². The molecule has 0 radical (unpaired) electrons. The fourth-order valence-corrected chi connectivity index (χ4v) is 3.16. The van der Waals surface area contributed by atoms with Crippen LogP contribution in [-0.4, -0.2) is 53.4 Å². The first-order chi connectivity index (χ1) is 15.6. The van der Waals surface area contributed by atoms with Gasteiger partial charge in [0, 0.05) is 13.5 Å². The second-order valence-corrected chi connectivity index (χ2v) is 8.16. The second kappa shape index (κ2) is 14.8. The minimum Gasteiger partial charge on any atom is -0.426 e. The molecule has 9 nitrogen and oxygen atoms in total. The molecule has 10 heteroatoms. The van der Waals surface area contributed by atoms with Gasteiger partial charge in [-0.25, -0.2) is 0 Å². The van der Waals surface area contributed by atoms with Crippen LogP contribution in [0, 0.1) is 17.2 Å². The maximum Gasteiger partial charge on any atom is 0.475 e. The van der Waals surface area contributed by atoms with Crippen molar-refractivity contribution in [3.8, 4) is 6.07 Å². The number of nitrogens with zero attached hydrogens (tertiary/aromatic N) is 1. The molecule has 2 atom stereocenters. The number of carbonyl (C=O) groups excluding carboxylic acids is 3. The van der Waals surface area contributed by atoms with Crippen molar-refractivity contribution in [3.05, 3.63) is 47.5 Å². The Hall–Kier alpha value is -3.16. The maximum absolute atomic E-state index is 12.7. The molecule has 2 unspecified atom stereocenters. The summed E-state index contributed by atoms with van der Waals surface area (Å²) in [6.07, 6.45) is 3.15. The molecule has 1 aromatic rings. The summed E-state index contributed by atoms with van der Waals surface area (Å²) in [6.45, 7) is 5.36. The van der Waals surface area contributed by atoms with Gasteiger partial charge in [0.1, 0.15) is 17.7 Å². The van der Waals surface area contributed by atoms with E-state index in [-0.39, 0.29) is 23.8 Å². The van der Waals surface area contributed by atoms with Crippen LogP contribution in [0.4, 0.5) is 0 Å². The van der Waals surface area contributed by atoms with Gasteiger partial charge < -0.3 is 26.0 Å². The lowest BCUT2D eigenvalue weighted by Gasteiger charge is -2.23. The van der Waals surface area contributed by atoms with Gasteiger partial charge in [-0.2, -0.15) is 5.26 Å². The Kier molecular flexibility index (Phi) is 12.5. The van der Waals surface area contributed by atoms with E-state index in [1.807, 2.05) is 50.2 Å². The Morgan fingerprint density at radius 2 is 1.79 bits per heavy atom. The van der Waals surface area contributed by atoms with Gasteiger partial charge in [-0.1, -0.05) is 50.3 Å². The zero-order valence-corrected chi connectivity index (χ0v) is 19.4. The molecule has 0 spiro atoms. The van der Waals surface area contributed by atoms with Crippen molar-refractivity contribution >= 4 is 24.8 Å². The van der Waals surface area contributed by atoms with Gasteiger partial charge in [0.25, 0.3) is 5.91 Å². The summed E-state index contributed by atoms with van der Waals surface area (Å²) in [7, 11) is -1.77. The lowest BCUT2D eigenvalue weighted by Crippen LogP contribution is -2.54. The smallest absolute Gasteiger partial charge is 0.426 e. The van der Waals surface area contributed by atoms with Crippen molar-refractivity contribution in [1.82, 2.24) is 16.0 Å². The average molecular weight is 456 g/mol. The first kappa shape index (κ1) is 27.9. The highest BCUT2D eigenvalue weighted by Crippen LogP contribution is 2.07. The predicted molar refractivity (Wildman–Crippen MR) is 125 cm³/mol. The Labute approximate surface area is 195 Å². The van der Waals surface area contributed by atoms with Gasteiger partial charge in [0.2, 0.25) is 11.8 Å². The number of carbonyl (C=O) groups is 3. The standard InChI is InChI=1S/C23H33BN4O5/c1-16(2)13-19(15-25)22(30)26-12-8-7-11-20(27-17(3)29)23(31)28-21(24(32)33)14-18-9-5-4-6-10-18/h4-6,9-10,13,16,20-21,32-33H,7-8,11-12,14H2,1-3H3,(H,26,30)(H,27,29)(H,28,31). The minimum absolute atomic E-state index is 0.0625. The van der Waals surface area contributed by atoms with Crippen LogP contribution in [0.25, 0.3) is 0 Å². The molecule has 0 heterocycles. The number of amides is 3. The van der Waals surface area contributed by atoms with Crippen molar-refractivity contribution < 1.29 is 24.4 Å². The Bertz CT molecular complexity index is 852. The molecule has 1 aromatic carbocycles. The third-order valence-corrected chi connectivity index (χ3v) is 4.75.